The van der Waals surface area contributed by atoms with Gasteiger partial charge in [-0.05, 0) is 19.1 Å². The number of carbonyl (C=O) groups excluding carboxylic acids is 1. The molecular weight excluding hydrogens is 225 g/mol. The summed E-state index contributed by atoms with van der Waals surface area (Å²) < 4.78 is 5.18. The lowest BCUT2D eigenvalue weighted by atomic mass is 10.2. The summed E-state index contributed by atoms with van der Waals surface area (Å²) in [6.07, 6.45) is 0. The molecule has 0 heterocycles. The van der Waals surface area contributed by atoms with Crippen LogP contribution in [0.2, 0.25) is 10.0 Å². The Balaban J connectivity index is 3.19. The second kappa shape index (κ2) is 4.53. The highest BCUT2D eigenvalue weighted by Crippen LogP contribution is 2.34. The van der Waals surface area contributed by atoms with Crippen LogP contribution in [-0.4, -0.2) is 12.5 Å². The molecule has 0 aromatic heterocycles. The van der Waals surface area contributed by atoms with E-state index in [9.17, 15) is 4.79 Å². The molecule has 0 aliphatic rings. The van der Waals surface area contributed by atoms with Crippen LogP contribution in [0.4, 0.5) is 0 Å². The van der Waals surface area contributed by atoms with Gasteiger partial charge in [0.2, 0.25) is 5.91 Å². The van der Waals surface area contributed by atoms with E-state index in [0.717, 1.165) is 0 Å². The summed E-state index contributed by atoms with van der Waals surface area (Å²) in [6.45, 7) is 2.30. The number of primary amides is 1. The van der Waals surface area contributed by atoms with E-state index in [4.69, 9.17) is 33.7 Å². The van der Waals surface area contributed by atoms with Crippen molar-refractivity contribution in [2.75, 3.05) is 6.61 Å². The number of hydrogen-bond acceptors (Lipinski definition) is 2. The van der Waals surface area contributed by atoms with Crippen LogP contribution in [0, 0.1) is 0 Å². The van der Waals surface area contributed by atoms with Crippen LogP contribution in [0.15, 0.2) is 12.1 Å². The molecule has 5 heteroatoms. The second-order valence-corrected chi connectivity index (χ2v) is 3.29. The van der Waals surface area contributed by atoms with Gasteiger partial charge in [0.25, 0.3) is 0 Å². The topological polar surface area (TPSA) is 52.3 Å². The van der Waals surface area contributed by atoms with Crippen molar-refractivity contribution in [3.8, 4) is 5.75 Å². The smallest absolute Gasteiger partial charge is 0.250 e. The maximum absolute atomic E-state index is 10.9. The Morgan fingerprint density at radius 3 is 2.57 bits per heavy atom. The van der Waals surface area contributed by atoms with Gasteiger partial charge in [-0.25, -0.2) is 0 Å². The van der Waals surface area contributed by atoms with Gasteiger partial charge in [0.05, 0.1) is 17.2 Å². The number of carbonyl (C=O) groups is 1. The number of halogens is 2. The fourth-order valence-corrected chi connectivity index (χ4v) is 1.46. The predicted octanol–water partition coefficient (Wildman–Crippen LogP) is 2.49. The zero-order chi connectivity index (χ0) is 10.7. The lowest BCUT2D eigenvalue weighted by molar-refractivity contribution is 0.100. The Labute approximate surface area is 91.7 Å². The Hall–Kier alpha value is -0.930. The van der Waals surface area contributed by atoms with Gasteiger partial charge in [0.1, 0.15) is 10.8 Å². The average molecular weight is 234 g/mol. The van der Waals surface area contributed by atoms with Crippen LogP contribution < -0.4 is 10.5 Å². The molecule has 0 saturated carbocycles. The quantitative estimate of drug-likeness (QED) is 0.873. The van der Waals surface area contributed by atoms with Gasteiger partial charge in [-0.15, -0.1) is 0 Å². The van der Waals surface area contributed by atoms with Crippen molar-refractivity contribution in [3.05, 3.63) is 27.7 Å². The van der Waals surface area contributed by atoms with Gasteiger partial charge < -0.3 is 10.5 Å². The van der Waals surface area contributed by atoms with Crippen LogP contribution >= 0.6 is 23.2 Å². The van der Waals surface area contributed by atoms with Gasteiger partial charge in [-0.1, -0.05) is 23.2 Å². The molecule has 2 N–H and O–H groups in total. The first kappa shape index (κ1) is 11.1. The minimum absolute atomic E-state index is 0.130. The Morgan fingerprint density at radius 2 is 2.07 bits per heavy atom. The Morgan fingerprint density at radius 1 is 1.43 bits per heavy atom. The van der Waals surface area contributed by atoms with Crippen LogP contribution in [0.3, 0.4) is 0 Å². The number of nitrogens with two attached hydrogens (primary N) is 1. The van der Waals surface area contributed by atoms with E-state index in [1.165, 1.54) is 6.07 Å². The number of hydrogen-bond donors (Lipinski definition) is 1. The van der Waals surface area contributed by atoms with Crippen molar-refractivity contribution in [1.82, 2.24) is 0 Å². The van der Waals surface area contributed by atoms with E-state index in [2.05, 4.69) is 0 Å². The molecule has 76 valence electrons. The first-order chi connectivity index (χ1) is 6.57. The lowest BCUT2D eigenvalue weighted by Crippen LogP contribution is -2.11. The van der Waals surface area contributed by atoms with Crippen LogP contribution in [0.25, 0.3) is 0 Å². The molecule has 14 heavy (non-hydrogen) atoms. The van der Waals surface area contributed by atoms with Gasteiger partial charge >= 0.3 is 0 Å². The van der Waals surface area contributed by atoms with Gasteiger partial charge in [0, 0.05) is 0 Å². The van der Waals surface area contributed by atoms with Crippen molar-refractivity contribution < 1.29 is 9.53 Å². The van der Waals surface area contributed by atoms with E-state index in [0.29, 0.717) is 12.4 Å². The van der Waals surface area contributed by atoms with E-state index in [-0.39, 0.29) is 15.6 Å². The number of benzene rings is 1. The first-order valence-corrected chi connectivity index (χ1v) is 4.74. The Kier molecular flexibility index (Phi) is 3.61. The molecule has 0 saturated heterocycles. The van der Waals surface area contributed by atoms with E-state index < -0.39 is 5.91 Å². The van der Waals surface area contributed by atoms with Gasteiger partial charge in [-0.3, -0.25) is 4.79 Å². The molecule has 1 amide bonds. The summed E-state index contributed by atoms with van der Waals surface area (Å²) in [4.78, 5) is 10.9. The third-order valence-electron chi connectivity index (χ3n) is 1.61. The minimum atomic E-state index is -0.611. The molecule has 3 nitrogen and oxygen atoms in total. The molecule has 0 spiro atoms. The Bertz CT molecular complexity index is 366. The fourth-order valence-electron chi connectivity index (χ4n) is 0.989. The molecule has 0 unspecified atom stereocenters. The maximum atomic E-state index is 10.9. The highest BCUT2D eigenvalue weighted by atomic mass is 35.5. The third kappa shape index (κ3) is 2.11. The zero-order valence-corrected chi connectivity index (χ0v) is 9.02. The average Bonchev–Trinajstić information content (AvgIpc) is 2.13. The van der Waals surface area contributed by atoms with Crippen molar-refractivity contribution in [1.29, 1.82) is 0 Å². The van der Waals surface area contributed by atoms with Gasteiger partial charge in [-0.2, -0.15) is 0 Å². The molecule has 0 aliphatic heterocycles. The number of rotatable bonds is 3. The summed E-state index contributed by atoms with van der Waals surface area (Å²) in [5.41, 5.74) is 5.28. The van der Waals surface area contributed by atoms with Crippen LogP contribution in [0.1, 0.15) is 17.3 Å². The number of amides is 1. The molecule has 1 rings (SSSR count). The standard InChI is InChI=1S/C9H9Cl2NO2/c1-2-14-6-4-3-5(9(12)13)7(10)8(6)11/h3-4H,2H2,1H3,(H2,12,13). The first-order valence-electron chi connectivity index (χ1n) is 3.98. The molecule has 1 aromatic rings. The van der Waals surface area contributed by atoms with Crippen LogP contribution in [-0.2, 0) is 0 Å². The maximum Gasteiger partial charge on any atom is 0.250 e. The molecule has 1 aromatic carbocycles. The molecule has 0 bridgehead atoms. The molecule has 0 radical (unpaired) electrons. The second-order valence-electron chi connectivity index (χ2n) is 2.54. The minimum Gasteiger partial charge on any atom is -0.492 e. The monoisotopic (exact) mass is 233 g/mol. The normalized spacial score (nSPS) is 9.93. The van der Waals surface area contributed by atoms with Crippen LogP contribution in [0.5, 0.6) is 5.75 Å². The predicted molar refractivity (Wildman–Crippen MR) is 56.1 cm³/mol. The summed E-state index contributed by atoms with van der Waals surface area (Å²) in [6, 6.07) is 3.05. The lowest BCUT2D eigenvalue weighted by Gasteiger charge is -2.08. The van der Waals surface area contributed by atoms with Crippen molar-refractivity contribution in [2.24, 2.45) is 5.73 Å². The van der Waals surface area contributed by atoms with Gasteiger partial charge in [0.15, 0.2) is 0 Å². The highest BCUT2D eigenvalue weighted by Gasteiger charge is 2.13. The summed E-state index contributed by atoms with van der Waals surface area (Å²) >= 11 is 11.7. The summed E-state index contributed by atoms with van der Waals surface area (Å²) in [7, 11) is 0. The summed E-state index contributed by atoms with van der Waals surface area (Å²) in [5.74, 6) is -0.163. The number of ether oxygens (including phenoxy) is 1. The molecule has 0 atom stereocenters. The van der Waals surface area contributed by atoms with Crippen molar-refractivity contribution in [2.45, 2.75) is 6.92 Å². The molecular formula is C9H9Cl2NO2. The third-order valence-corrected chi connectivity index (χ3v) is 2.48. The van der Waals surface area contributed by atoms with E-state index in [1.807, 2.05) is 6.92 Å². The molecule has 0 aliphatic carbocycles. The summed E-state index contributed by atoms with van der Waals surface area (Å²) in [5, 5.41) is 0.343. The van der Waals surface area contributed by atoms with E-state index >= 15 is 0 Å². The highest BCUT2D eigenvalue weighted by molar-refractivity contribution is 6.44. The largest absolute Gasteiger partial charge is 0.492 e. The van der Waals surface area contributed by atoms with Crippen molar-refractivity contribution in [3.63, 3.8) is 0 Å². The molecule has 0 fully saturated rings. The van der Waals surface area contributed by atoms with E-state index in [1.54, 1.807) is 6.07 Å². The SMILES string of the molecule is CCOc1ccc(C(N)=O)c(Cl)c1Cl. The van der Waals surface area contributed by atoms with Crippen molar-refractivity contribution >= 4 is 29.1 Å². The fraction of sp³-hybridized carbons (Fsp3) is 0.222. The zero-order valence-electron chi connectivity index (χ0n) is 7.51.